The molecular weight excluding hydrogens is 263 g/mol. The van der Waals surface area contributed by atoms with Crippen molar-refractivity contribution in [2.75, 3.05) is 6.54 Å². The molecule has 0 saturated carbocycles. The molecule has 114 valence electrons. The highest BCUT2D eigenvalue weighted by atomic mass is 19.4. The summed E-state index contributed by atoms with van der Waals surface area (Å²) < 4.78 is 38.0. The molecule has 0 saturated heterocycles. The molecule has 0 aliphatic carbocycles. The van der Waals surface area contributed by atoms with Gasteiger partial charge < -0.3 is 5.32 Å². The van der Waals surface area contributed by atoms with Gasteiger partial charge in [-0.25, -0.2) is 0 Å². The van der Waals surface area contributed by atoms with Crippen LogP contribution in [0.3, 0.4) is 0 Å². The fourth-order valence-electron chi connectivity index (χ4n) is 2.62. The lowest BCUT2D eigenvalue weighted by molar-refractivity contribution is -0.139. The van der Waals surface area contributed by atoms with Crippen molar-refractivity contribution in [1.82, 2.24) is 5.32 Å². The summed E-state index contributed by atoms with van der Waals surface area (Å²) in [6.45, 7) is 8.52. The predicted molar refractivity (Wildman–Crippen MR) is 77.1 cm³/mol. The molecule has 1 nitrogen and oxygen atoms in total. The average molecular weight is 287 g/mol. The third kappa shape index (κ3) is 5.53. The molecule has 0 heterocycles. The summed E-state index contributed by atoms with van der Waals surface area (Å²) in [4.78, 5) is 0. The maximum atomic E-state index is 12.7. The highest BCUT2D eigenvalue weighted by molar-refractivity contribution is 5.38. The maximum Gasteiger partial charge on any atom is 0.390 e. The van der Waals surface area contributed by atoms with Crippen molar-refractivity contribution in [3.63, 3.8) is 0 Å². The summed E-state index contributed by atoms with van der Waals surface area (Å²) in [5.41, 5.74) is 4.34. The molecule has 1 atom stereocenters. The van der Waals surface area contributed by atoms with Crippen molar-refractivity contribution in [2.24, 2.45) is 0 Å². The predicted octanol–water partition coefficient (Wildman–Crippen LogP) is 4.47. The van der Waals surface area contributed by atoms with Crippen molar-refractivity contribution < 1.29 is 13.2 Å². The largest absolute Gasteiger partial charge is 0.390 e. The van der Waals surface area contributed by atoms with Gasteiger partial charge in [0.05, 0.1) is 6.42 Å². The lowest BCUT2D eigenvalue weighted by atomic mass is 9.93. The molecule has 1 N–H and O–H groups in total. The van der Waals surface area contributed by atoms with Crippen LogP contribution in [0.1, 0.15) is 42.0 Å². The number of aryl methyl sites for hydroxylation is 3. The van der Waals surface area contributed by atoms with E-state index >= 15 is 0 Å². The van der Waals surface area contributed by atoms with E-state index in [1.54, 1.807) is 0 Å². The van der Waals surface area contributed by atoms with Crippen molar-refractivity contribution >= 4 is 0 Å². The van der Waals surface area contributed by atoms with Crippen LogP contribution in [0.5, 0.6) is 0 Å². The summed E-state index contributed by atoms with van der Waals surface area (Å²) in [5, 5.41) is 3.02. The van der Waals surface area contributed by atoms with E-state index in [9.17, 15) is 13.2 Å². The lowest BCUT2D eigenvalue weighted by Gasteiger charge is -2.22. The topological polar surface area (TPSA) is 12.0 Å². The van der Waals surface area contributed by atoms with E-state index in [0.29, 0.717) is 13.0 Å². The zero-order valence-corrected chi connectivity index (χ0v) is 12.7. The molecule has 0 radical (unpaired) electrons. The standard InChI is InChI=1S/C16H24F3N/c1-5-6-20-14(10-16(17,18)19)9-15-12(3)7-11(2)8-13(15)4/h7-8,14,20H,5-6,9-10H2,1-4H3. The fourth-order valence-corrected chi connectivity index (χ4v) is 2.62. The van der Waals surface area contributed by atoms with Gasteiger partial charge in [-0.2, -0.15) is 13.2 Å². The van der Waals surface area contributed by atoms with E-state index in [0.717, 1.165) is 28.7 Å². The van der Waals surface area contributed by atoms with Crippen LogP contribution in [0.25, 0.3) is 0 Å². The Hall–Kier alpha value is -1.03. The van der Waals surface area contributed by atoms with Gasteiger partial charge in [-0.05, 0) is 56.8 Å². The Morgan fingerprint density at radius 2 is 1.65 bits per heavy atom. The van der Waals surface area contributed by atoms with E-state index in [1.165, 1.54) is 0 Å². The second-order valence-corrected chi connectivity index (χ2v) is 5.55. The molecule has 0 fully saturated rings. The van der Waals surface area contributed by atoms with E-state index in [2.05, 4.69) is 5.32 Å². The minimum atomic E-state index is -4.13. The maximum absolute atomic E-state index is 12.7. The van der Waals surface area contributed by atoms with Crippen LogP contribution in [0, 0.1) is 20.8 Å². The number of hydrogen-bond donors (Lipinski definition) is 1. The summed E-state index contributed by atoms with van der Waals surface area (Å²) >= 11 is 0. The molecule has 4 heteroatoms. The number of nitrogens with one attached hydrogen (secondary N) is 1. The molecule has 1 aromatic carbocycles. The molecule has 1 rings (SSSR count). The van der Waals surface area contributed by atoms with Gasteiger partial charge in [0.15, 0.2) is 0 Å². The monoisotopic (exact) mass is 287 g/mol. The first-order valence-electron chi connectivity index (χ1n) is 7.09. The third-order valence-corrected chi connectivity index (χ3v) is 3.45. The molecule has 0 spiro atoms. The summed E-state index contributed by atoms with van der Waals surface area (Å²) in [7, 11) is 0. The number of rotatable bonds is 6. The van der Waals surface area contributed by atoms with Crippen molar-refractivity contribution in [3.05, 3.63) is 34.4 Å². The van der Waals surface area contributed by atoms with Crippen LogP contribution >= 0.6 is 0 Å². The van der Waals surface area contributed by atoms with Gasteiger partial charge in [0.1, 0.15) is 0 Å². The van der Waals surface area contributed by atoms with Gasteiger partial charge in [-0.15, -0.1) is 0 Å². The molecule has 20 heavy (non-hydrogen) atoms. The van der Waals surface area contributed by atoms with Gasteiger partial charge in [-0.3, -0.25) is 0 Å². The first-order valence-corrected chi connectivity index (χ1v) is 7.09. The van der Waals surface area contributed by atoms with Crippen LogP contribution in [-0.2, 0) is 6.42 Å². The Morgan fingerprint density at radius 1 is 1.10 bits per heavy atom. The average Bonchev–Trinajstić information content (AvgIpc) is 2.28. The van der Waals surface area contributed by atoms with Crippen molar-refractivity contribution in [3.8, 4) is 0 Å². The third-order valence-electron chi connectivity index (χ3n) is 3.45. The van der Waals surface area contributed by atoms with Crippen LogP contribution < -0.4 is 5.32 Å². The minimum Gasteiger partial charge on any atom is -0.313 e. The second-order valence-electron chi connectivity index (χ2n) is 5.55. The van der Waals surface area contributed by atoms with Crippen molar-refractivity contribution in [2.45, 2.75) is 59.2 Å². The van der Waals surface area contributed by atoms with Crippen molar-refractivity contribution in [1.29, 1.82) is 0 Å². The summed E-state index contributed by atoms with van der Waals surface area (Å²) in [6.07, 6.45) is -3.64. The SMILES string of the molecule is CCCNC(Cc1c(C)cc(C)cc1C)CC(F)(F)F. The molecule has 0 bridgehead atoms. The van der Waals surface area contributed by atoms with Gasteiger partial charge in [0.25, 0.3) is 0 Å². The Kier molecular flexibility index (Phi) is 6.06. The molecule has 0 amide bonds. The molecule has 1 aromatic rings. The highest BCUT2D eigenvalue weighted by Gasteiger charge is 2.32. The van der Waals surface area contributed by atoms with Gasteiger partial charge >= 0.3 is 6.18 Å². The lowest BCUT2D eigenvalue weighted by Crippen LogP contribution is -2.36. The van der Waals surface area contributed by atoms with E-state index in [-0.39, 0.29) is 0 Å². The zero-order valence-electron chi connectivity index (χ0n) is 12.7. The van der Waals surface area contributed by atoms with Crippen LogP contribution in [0.15, 0.2) is 12.1 Å². The van der Waals surface area contributed by atoms with Crippen LogP contribution in [0.2, 0.25) is 0 Å². The number of halogens is 3. The Bertz CT molecular complexity index is 415. The van der Waals surface area contributed by atoms with E-state index < -0.39 is 18.6 Å². The minimum absolute atomic E-state index is 0.428. The summed E-state index contributed by atoms with van der Waals surface area (Å²) in [6, 6.07) is 3.52. The highest BCUT2D eigenvalue weighted by Crippen LogP contribution is 2.25. The van der Waals surface area contributed by atoms with E-state index in [4.69, 9.17) is 0 Å². The van der Waals surface area contributed by atoms with Gasteiger partial charge in [0.2, 0.25) is 0 Å². The number of benzene rings is 1. The van der Waals surface area contributed by atoms with Crippen LogP contribution in [0.4, 0.5) is 13.2 Å². The van der Waals surface area contributed by atoms with Gasteiger partial charge in [0, 0.05) is 6.04 Å². The molecule has 0 aliphatic heterocycles. The molecule has 1 unspecified atom stereocenters. The van der Waals surface area contributed by atoms with Crippen LogP contribution in [-0.4, -0.2) is 18.8 Å². The molecular formula is C16H24F3N. The van der Waals surface area contributed by atoms with Gasteiger partial charge in [-0.1, -0.05) is 24.6 Å². The Morgan fingerprint density at radius 3 is 2.10 bits per heavy atom. The quantitative estimate of drug-likeness (QED) is 0.813. The Balaban J connectivity index is 2.89. The normalized spacial score (nSPS) is 13.6. The second kappa shape index (κ2) is 7.11. The number of alkyl halides is 3. The zero-order chi connectivity index (χ0) is 15.3. The smallest absolute Gasteiger partial charge is 0.313 e. The first-order chi connectivity index (χ1) is 9.23. The summed E-state index contributed by atoms with van der Waals surface area (Å²) in [5.74, 6) is 0. The molecule has 0 aromatic heterocycles. The van der Waals surface area contributed by atoms with E-state index in [1.807, 2.05) is 39.8 Å². The fraction of sp³-hybridized carbons (Fsp3) is 0.625. The first kappa shape index (κ1) is 17.0. The number of hydrogen-bond acceptors (Lipinski definition) is 1. The molecule has 0 aliphatic rings. The Labute approximate surface area is 119 Å².